The van der Waals surface area contributed by atoms with Crippen molar-refractivity contribution in [3.63, 3.8) is 0 Å². The predicted octanol–water partition coefficient (Wildman–Crippen LogP) is 1.09. The summed E-state index contributed by atoms with van der Waals surface area (Å²) in [7, 11) is 0. The average Bonchev–Trinajstić information content (AvgIpc) is 0.918. The first-order valence-corrected chi connectivity index (χ1v) is 2.78. The molecule has 0 unspecified atom stereocenters. The summed E-state index contributed by atoms with van der Waals surface area (Å²) in [6.45, 7) is 0. The Labute approximate surface area is 54.8 Å². The van der Waals surface area contributed by atoms with Crippen molar-refractivity contribution in [3.05, 3.63) is 0 Å². The van der Waals surface area contributed by atoms with Gasteiger partial charge in [0.2, 0.25) is 0 Å². The van der Waals surface area contributed by atoms with E-state index in [2.05, 4.69) is 31.9 Å². The minimum atomic E-state index is 0. The van der Waals surface area contributed by atoms with Crippen LogP contribution in [-0.2, 0) is 0 Å². The predicted molar refractivity (Wildman–Crippen MR) is 29.9 cm³/mol. The molecule has 0 nitrogen and oxygen atoms in total. The quantitative estimate of drug-likeness (QED) is 0.388. The normalized spacial score (nSPS) is 4.50. The van der Waals surface area contributed by atoms with Gasteiger partial charge in [-0.1, -0.05) is 31.9 Å². The molecule has 0 aromatic rings. The van der Waals surface area contributed by atoms with Crippen molar-refractivity contribution >= 4 is 50.7 Å². The van der Waals surface area contributed by atoms with Crippen molar-refractivity contribution in [3.8, 4) is 0 Å². The molecule has 0 atom stereocenters. The Morgan fingerprint density at radius 1 is 1.25 bits per heavy atom. The third-order valence-corrected chi connectivity index (χ3v) is 0. The zero-order valence-corrected chi connectivity index (χ0v) is 4.64. The fraction of sp³-hybridized carbons (Fsp3) is 1.00. The molecular weight excluding hydrogens is 179 g/mol. The van der Waals surface area contributed by atoms with Gasteiger partial charge < -0.3 is 0 Å². The molecule has 0 heterocycles. The maximum atomic E-state index is 3.06. The maximum absolute atomic E-state index is 3.06. The summed E-state index contributed by atoms with van der Waals surface area (Å²) in [6, 6.07) is 0. The van der Waals surface area contributed by atoms with Crippen LogP contribution in [0.1, 0.15) is 0 Å². The second-order valence-electron chi connectivity index (χ2n) is 0.101. The molecule has 0 aliphatic rings. The average molecular weight is 182 g/mol. The Morgan fingerprint density at radius 2 is 1.25 bits per heavy atom. The van der Waals surface area contributed by atoms with Crippen LogP contribution in [0, 0.1) is 0 Å². The summed E-state index contributed by atoms with van der Waals surface area (Å²) in [4.78, 5) is 0. The van der Waals surface area contributed by atoms with Crippen molar-refractivity contribution in [2.45, 2.75) is 0 Å². The van der Waals surface area contributed by atoms with Gasteiger partial charge in [-0.25, -0.2) is 0 Å². The van der Waals surface area contributed by atoms with Crippen LogP contribution in [0.4, 0.5) is 0 Å². The zero-order chi connectivity index (χ0) is 2.71. The zero-order valence-electron chi connectivity index (χ0n) is 1.46. The molecule has 0 aliphatic carbocycles. The van der Waals surface area contributed by atoms with E-state index >= 15 is 0 Å². The molecule has 0 bridgehead atoms. The number of halogens is 2. The molecule has 3 heteroatoms. The van der Waals surface area contributed by atoms with Crippen LogP contribution < -0.4 is 0 Å². The molecule has 0 aromatic heterocycles. The Morgan fingerprint density at radius 3 is 1.25 bits per heavy atom. The van der Waals surface area contributed by atoms with Crippen LogP contribution in [0.5, 0.6) is 0 Å². The molecule has 0 aliphatic heterocycles. The van der Waals surface area contributed by atoms with Gasteiger partial charge in [-0.05, 0) is 0 Å². The fourth-order valence-electron chi connectivity index (χ4n) is 0. The van der Waals surface area contributed by atoms with E-state index in [1.54, 1.807) is 0 Å². The first kappa shape index (κ1) is 9.12. The van der Waals surface area contributed by atoms with Gasteiger partial charge in [0.15, 0.2) is 0 Å². The molecular formula is CH3Br2Li. The molecule has 0 rings (SSSR count). The first-order valence-electron chi connectivity index (χ1n) is 0.535. The molecule has 22 valence electrons. The van der Waals surface area contributed by atoms with Gasteiger partial charge in [-0.3, -0.25) is 0 Å². The number of hydrogen-bond acceptors (Lipinski definition) is 0. The van der Waals surface area contributed by atoms with E-state index in [4.69, 9.17) is 0 Å². The topological polar surface area (TPSA) is 0 Å². The van der Waals surface area contributed by atoms with E-state index in [9.17, 15) is 0 Å². The van der Waals surface area contributed by atoms with Crippen LogP contribution in [0.2, 0.25) is 0 Å². The Hall–Kier alpha value is 1.56. The number of alkyl halides is 2. The van der Waals surface area contributed by atoms with E-state index in [1.807, 2.05) is 0 Å². The standard InChI is InChI=1S/CH2Br2.Li.H/c2-1-3;;/h1H2;;. The van der Waals surface area contributed by atoms with Crippen molar-refractivity contribution in [1.29, 1.82) is 0 Å². The molecule has 0 aromatic carbocycles. The van der Waals surface area contributed by atoms with E-state index < -0.39 is 0 Å². The van der Waals surface area contributed by atoms with Gasteiger partial charge in [0, 0.05) is 0 Å². The summed E-state index contributed by atoms with van der Waals surface area (Å²) < 4.78 is 0.875. The fourth-order valence-corrected chi connectivity index (χ4v) is 0. The van der Waals surface area contributed by atoms with Gasteiger partial charge in [0.05, 0.1) is 4.24 Å². The number of hydrogen-bond donors (Lipinski definition) is 0. The van der Waals surface area contributed by atoms with E-state index in [0.29, 0.717) is 0 Å². The summed E-state index contributed by atoms with van der Waals surface area (Å²) in [5.74, 6) is 0. The molecule has 0 saturated carbocycles. The molecule has 0 N–H and O–H groups in total. The second kappa shape index (κ2) is 8.82. The summed E-state index contributed by atoms with van der Waals surface area (Å²) in [5.41, 5.74) is 0. The van der Waals surface area contributed by atoms with E-state index in [0.717, 1.165) is 4.24 Å². The van der Waals surface area contributed by atoms with Gasteiger partial charge in [-0.15, -0.1) is 0 Å². The SMILES string of the molecule is BrCBr.[LiH]. The number of rotatable bonds is 0. The Kier molecular flexibility index (Phi) is 20.1. The van der Waals surface area contributed by atoms with Crippen LogP contribution >= 0.6 is 31.9 Å². The Balaban J connectivity index is 0. The van der Waals surface area contributed by atoms with Gasteiger partial charge >= 0.3 is 18.9 Å². The van der Waals surface area contributed by atoms with E-state index in [-0.39, 0.29) is 18.9 Å². The third-order valence-electron chi connectivity index (χ3n) is 0. The van der Waals surface area contributed by atoms with Crippen LogP contribution in [0.3, 0.4) is 0 Å². The molecule has 4 heavy (non-hydrogen) atoms. The third kappa shape index (κ3) is 9.59. The van der Waals surface area contributed by atoms with Crippen molar-refractivity contribution in [1.82, 2.24) is 0 Å². The summed E-state index contributed by atoms with van der Waals surface area (Å²) in [6.07, 6.45) is 0. The van der Waals surface area contributed by atoms with Gasteiger partial charge in [-0.2, -0.15) is 0 Å². The van der Waals surface area contributed by atoms with Crippen molar-refractivity contribution in [2.24, 2.45) is 0 Å². The summed E-state index contributed by atoms with van der Waals surface area (Å²) in [5, 5.41) is 0. The van der Waals surface area contributed by atoms with Crippen LogP contribution in [0.15, 0.2) is 0 Å². The Bertz CT molecular complexity index is 6.00. The van der Waals surface area contributed by atoms with Crippen molar-refractivity contribution in [2.75, 3.05) is 4.24 Å². The van der Waals surface area contributed by atoms with Crippen LogP contribution in [-0.4, -0.2) is 23.1 Å². The van der Waals surface area contributed by atoms with Crippen molar-refractivity contribution < 1.29 is 0 Å². The summed E-state index contributed by atoms with van der Waals surface area (Å²) >= 11 is 6.12. The van der Waals surface area contributed by atoms with Gasteiger partial charge in [0.1, 0.15) is 0 Å². The van der Waals surface area contributed by atoms with E-state index in [1.165, 1.54) is 0 Å². The minimum absolute atomic E-state index is 0. The monoisotopic (exact) mass is 180 g/mol. The molecule has 0 fully saturated rings. The second-order valence-corrected chi connectivity index (χ2v) is 2.73. The van der Waals surface area contributed by atoms with Crippen LogP contribution in [0.25, 0.3) is 0 Å². The van der Waals surface area contributed by atoms with Gasteiger partial charge in [0.25, 0.3) is 0 Å². The first-order chi connectivity index (χ1) is 1.41. The molecule has 0 radical (unpaired) electrons. The molecule has 0 saturated heterocycles. The molecule has 0 amide bonds. The molecule has 0 spiro atoms.